The summed E-state index contributed by atoms with van der Waals surface area (Å²) in [5.74, 6) is -0.382. The summed E-state index contributed by atoms with van der Waals surface area (Å²) in [5, 5.41) is 5.30. The second-order valence-corrected chi connectivity index (χ2v) is 5.43. The minimum absolute atomic E-state index is 0.0118. The minimum Gasteiger partial charge on any atom is -0.355 e. The van der Waals surface area contributed by atoms with Crippen LogP contribution in [0.3, 0.4) is 0 Å². The highest BCUT2D eigenvalue weighted by atomic mass is 35.5. The van der Waals surface area contributed by atoms with Crippen molar-refractivity contribution in [1.82, 2.24) is 10.3 Å². The molecule has 2 aromatic rings. The number of carbonyl (C=O) groups excluding carboxylic acids is 1. The summed E-state index contributed by atoms with van der Waals surface area (Å²) >= 11 is 5.65. The number of halogens is 4. The van der Waals surface area contributed by atoms with Crippen molar-refractivity contribution in [3.8, 4) is 0 Å². The highest BCUT2D eigenvalue weighted by molar-refractivity contribution is 6.30. The van der Waals surface area contributed by atoms with Crippen LogP contribution in [-0.4, -0.2) is 17.4 Å². The Balaban J connectivity index is 2.28. The largest absolute Gasteiger partial charge is 0.418 e. The Morgan fingerprint density at radius 3 is 2.67 bits per heavy atom. The molecule has 0 unspecified atom stereocenters. The third kappa shape index (κ3) is 4.61. The van der Waals surface area contributed by atoms with Gasteiger partial charge in [0.15, 0.2) is 0 Å². The van der Waals surface area contributed by atoms with Gasteiger partial charge in [0.1, 0.15) is 5.69 Å². The SMILES string of the molecule is CCCNC(=O)c1cc(Nc2ccc(Cl)cc2C(F)(F)F)ccn1. The maximum Gasteiger partial charge on any atom is 0.418 e. The maximum atomic E-state index is 13.1. The molecule has 128 valence electrons. The van der Waals surface area contributed by atoms with Crippen LogP contribution < -0.4 is 10.6 Å². The molecule has 2 N–H and O–H groups in total. The third-order valence-electron chi connectivity index (χ3n) is 3.09. The van der Waals surface area contributed by atoms with Crippen molar-refractivity contribution in [3.05, 3.63) is 52.8 Å². The third-order valence-corrected chi connectivity index (χ3v) is 3.33. The van der Waals surface area contributed by atoms with Gasteiger partial charge in [0, 0.05) is 23.5 Å². The number of rotatable bonds is 5. The standard InChI is InChI=1S/C16H15ClF3N3O/c1-2-6-22-15(24)14-9-11(5-7-21-14)23-13-4-3-10(17)8-12(13)16(18,19)20/h3-5,7-9H,2,6H2,1H3,(H,21,23)(H,22,24). The number of pyridine rings is 1. The van der Waals surface area contributed by atoms with Gasteiger partial charge < -0.3 is 10.6 Å². The van der Waals surface area contributed by atoms with E-state index in [9.17, 15) is 18.0 Å². The Bertz CT molecular complexity index is 735. The van der Waals surface area contributed by atoms with Crippen LogP contribution in [0.25, 0.3) is 0 Å². The quantitative estimate of drug-likeness (QED) is 0.819. The van der Waals surface area contributed by atoms with Crippen LogP contribution in [-0.2, 0) is 6.18 Å². The summed E-state index contributed by atoms with van der Waals surface area (Å²) in [7, 11) is 0. The zero-order chi connectivity index (χ0) is 17.7. The Labute approximate surface area is 142 Å². The van der Waals surface area contributed by atoms with E-state index in [2.05, 4.69) is 15.6 Å². The Hall–Kier alpha value is -2.28. The molecule has 0 atom stereocenters. The van der Waals surface area contributed by atoms with Crippen molar-refractivity contribution >= 4 is 28.9 Å². The molecule has 0 aliphatic rings. The summed E-state index contributed by atoms with van der Waals surface area (Å²) in [6.07, 6.45) is -2.43. The molecule has 0 saturated heterocycles. The van der Waals surface area contributed by atoms with E-state index in [0.29, 0.717) is 12.2 Å². The van der Waals surface area contributed by atoms with Gasteiger partial charge in [-0.25, -0.2) is 0 Å². The molecule has 0 aliphatic heterocycles. The molecule has 0 fully saturated rings. The van der Waals surface area contributed by atoms with E-state index in [1.54, 1.807) is 0 Å². The molecule has 1 amide bonds. The lowest BCUT2D eigenvalue weighted by Crippen LogP contribution is -2.24. The summed E-state index contributed by atoms with van der Waals surface area (Å²) in [5.41, 5.74) is -0.600. The highest BCUT2D eigenvalue weighted by Gasteiger charge is 2.33. The highest BCUT2D eigenvalue weighted by Crippen LogP contribution is 2.37. The van der Waals surface area contributed by atoms with Gasteiger partial charge in [-0.05, 0) is 36.8 Å². The van der Waals surface area contributed by atoms with Crippen molar-refractivity contribution in [1.29, 1.82) is 0 Å². The molecule has 0 spiro atoms. The van der Waals surface area contributed by atoms with Crippen LogP contribution in [0.15, 0.2) is 36.5 Å². The van der Waals surface area contributed by atoms with Gasteiger partial charge in [-0.2, -0.15) is 13.2 Å². The lowest BCUT2D eigenvalue weighted by Gasteiger charge is -2.15. The topological polar surface area (TPSA) is 54.0 Å². The number of carbonyl (C=O) groups is 1. The van der Waals surface area contributed by atoms with Crippen LogP contribution in [0, 0.1) is 0 Å². The number of nitrogens with zero attached hydrogens (tertiary/aromatic N) is 1. The average Bonchev–Trinajstić information content (AvgIpc) is 2.53. The number of aromatic nitrogens is 1. The van der Waals surface area contributed by atoms with Gasteiger partial charge >= 0.3 is 6.18 Å². The maximum absolute atomic E-state index is 13.1. The lowest BCUT2D eigenvalue weighted by atomic mass is 10.1. The summed E-state index contributed by atoms with van der Waals surface area (Å²) in [4.78, 5) is 15.8. The van der Waals surface area contributed by atoms with Gasteiger partial charge in [-0.3, -0.25) is 9.78 Å². The Morgan fingerprint density at radius 2 is 2.00 bits per heavy atom. The van der Waals surface area contributed by atoms with Gasteiger partial charge in [0.05, 0.1) is 11.3 Å². The first-order valence-electron chi connectivity index (χ1n) is 7.19. The molecule has 1 heterocycles. The molecular weight excluding hydrogens is 343 g/mol. The number of alkyl halides is 3. The van der Waals surface area contributed by atoms with Crippen LogP contribution in [0.5, 0.6) is 0 Å². The molecule has 4 nitrogen and oxygen atoms in total. The molecule has 0 radical (unpaired) electrons. The van der Waals surface area contributed by atoms with Gasteiger partial charge in [0.2, 0.25) is 0 Å². The van der Waals surface area contributed by atoms with Crippen molar-refractivity contribution in [2.45, 2.75) is 19.5 Å². The minimum atomic E-state index is -4.55. The van der Waals surface area contributed by atoms with E-state index in [1.807, 2.05) is 6.92 Å². The summed E-state index contributed by atoms with van der Waals surface area (Å²) in [6.45, 7) is 2.40. The molecule has 24 heavy (non-hydrogen) atoms. The molecule has 2 rings (SSSR count). The van der Waals surface area contributed by atoms with E-state index in [1.165, 1.54) is 30.5 Å². The number of hydrogen-bond acceptors (Lipinski definition) is 3. The first kappa shape index (κ1) is 18.1. The normalized spacial score (nSPS) is 11.2. The lowest BCUT2D eigenvalue weighted by molar-refractivity contribution is -0.136. The van der Waals surface area contributed by atoms with E-state index < -0.39 is 11.7 Å². The van der Waals surface area contributed by atoms with Crippen LogP contribution in [0.1, 0.15) is 29.4 Å². The van der Waals surface area contributed by atoms with Crippen molar-refractivity contribution in [2.24, 2.45) is 0 Å². The average molecular weight is 358 g/mol. The number of hydrogen-bond donors (Lipinski definition) is 2. The number of amides is 1. The predicted octanol–water partition coefficient (Wildman–Crippen LogP) is 4.64. The van der Waals surface area contributed by atoms with Crippen molar-refractivity contribution < 1.29 is 18.0 Å². The number of nitrogens with one attached hydrogen (secondary N) is 2. The van der Waals surface area contributed by atoms with E-state index in [4.69, 9.17) is 11.6 Å². The molecule has 1 aromatic carbocycles. The second kappa shape index (κ2) is 7.53. The number of anilines is 2. The molecule has 8 heteroatoms. The van der Waals surface area contributed by atoms with Gasteiger partial charge in [-0.15, -0.1) is 0 Å². The fourth-order valence-electron chi connectivity index (χ4n) is 1.98. The summed E-state index contributed by atoms with van der Waals surface area (Å²) < 4.78 is 39.3. The fourth-order valence-corrected chi connectivity index (χ4v) is 2.15. The second-order valence-electron chi connectivity index (χ2n) is 5.00. The zero-order valence-electron chi connectivity index (χ0n) is 12.7. The first-order chi connectivity index (χ1) is 11.3. The molecule has 1 aromatic heterocycles. The van der Waals surface area contributed by atoms with Crippen LogP contribution in [0.2, 0.25) is 5.02 Å². The van der Waals surface area contributed by atoms with E-state index in [0.717, 1.165) is 12.5 Å². The molecule has 0 saturated carbocycles. The predicted molar refractivity (Wildman–Crippen MR) is 86.6 cm³/mol. The Kier molecular flexibility index (Phi) is 5.66. The van der Waals surface area contributed by atoms with Gasteiger partial charge in [-0.1, -0.05) is 18.5 Å². The van der Waals surface area contributed by atoms with Crippen LogP contribution >= 0.6 is 11.6 Å². The van der Waals surface area contributed by atoms with E-state index in [-0.39, 0.29) is 22.3 Å². The van der Waals surface area contributed by atoms with E-state index >= 15 is 0 Å². The Morgan fingerprint density at radius 1 is 1.25 bits per heavy atom. The fraction of sp³-hybridized carbons (Fsp3) is 0.250. The molecule has 0 bridgehead atoms. The summed E-state index contributed by atoms with van der Waals surface area (Å²) in [6, 6.07) is 6.31. The van der Waals surface area contributed by atoms with Crippen molar-refractivity contribution in [2.75, 3.05) is 11.9 Å². The molecular formula is C16H15ClF3N3O. The molecule has 0 aliphatic carbocycles. The first-order valence-corrected chi connectivity index (χ1v) is 7.57. The van der Waals surface area contributed by atoms with Gasteiger partial charge in [0.25, 0.3) is 5.91 Å². The number of benzene rings is 1. The van der Waals surface area contributed by atoms with Crippen LogP contribution in [0.4, 0.5) is 24.5 Å². The zero-order valence-corrected chi connectivity index (χ0v) is 13.5. The van der Waals surface area contributed by atoms with Crippen molar-refractivity contribution in [3.63, 3.8) is 0 Å². The smallest absolute Gasteiger partial charge is 0.355 e. The monoisotopic (exact) mass is 357 g/mol.